The van der Waals surface area contributed by atoms with Crippen molar-refractivity contribution in [3.05, 3.63) is 29.8 Å². The van der Waals surface area contributed by atoms with E-state index in [1.165, 1.54) is 4.90 Å². The van der Waals surface area contributed by atoms with Crippen molar-refractivity contribution in [3.63, 3.8) is 0 Å². The molecule has 9 heteroatoms. The fourth-order valence-corrected chi connectivity index (χ4v) is 3.68. The van der Waals surface area contributed by atoms with Crippen LogP contribution < -0.4 is 15.6 Å². The predicted molar refractivity (Wildman–Crippen MR) is 99.7 cm³/mol. The normalized spacial score (nSPS) is 20.6. The third-order valence-electron chi connectivity index (χ3n) is 5.19. The van der Waals surface area contributed by atoms with Gasteiger partial charge in [0, 0.05) is 13.0 Å². The SMILES string of the molecule is N#Cc1ccc(OCC(=O)NNC(=O)CCN2C(=O)[C@@H]3CCCC[C@H]3C2=O)cc1. The third kappa shape index (κ3) is 4.90. The molecule has 0 unspecified atom stereocenters. The van der Waals surface area contributed by atoms with Crippen molar-refractivity contribution in [3.8, 4) is 11.8 Å². The number of carbonyl (C=O) groups excluding carboxylic acids is 4. The summed E-state index contributed by atoms with van der Waals surface area (Å²) in [4.78, 5) is 49.6. The van der Waals surface area contributed by atoms with Crippen LogP contribution in [0.2, 0.25) is 0 Å². The van der Waals surface area contributed by atoms with Gasteiger partial charge in [0.15, 0.2) is 6.61 Å². The minimum absolute atomic E-state index is 0.00805. The second-order valence-corrected chi connectivity index (χ2v) is 7.10. The average molecular weight is 398 g/mol. The number of carbonyl (C=O) groups is 4. The fraction of sp³-hybridized carbons (Fsp3) is 0.450. The van der Waals surface area contributed by atoms with Gasteiger partial charge in [0.2, 0.25) is 17.7 Å². The number of benzene rings is 1. The lowest BCUT2D eigenvalue weighted by Gasteiger charge is -2.19. The van der Waals surface area contributed by atoms with Crippen molar-refractivity contribution in [1.29, 1.82) is 5.26 Å². The summed E-state index contributed by atoms with van der Waals surface area (Å²) in [5.74, 6) is -1.51. The minimum atomic E-state index is -0.568. The van der Waals surface area contributed by atoms with Gasteiger partial charge in [0.05, 0.1) is 23.5 Å². The molecule has 2 atom stereocenters. The molecule has 0 radical (unpaired) electrons. The highest BCUT2D eigenvalue weighted by Crippen LogP contribution is 2.37. The Morgan fingerprint density at radius 3 is 2.21 bits per heavy atom. The zero-order chi connectivity index (χ0) is 20.8. The Morgan fingerprint density at radius 1 is 1.03 bits per heavy atom. The van der Waals surface area contributed by atoms with Crippen molar-refractivity contribution < 1.29 is 23.9 Å². The van der Waals surface area contributed by atoms with E-state index >= 15 is 0 Å². The zero-order valence-electron chi connectivity index (χ0n) is 15.8. The Hall–Kier alpha value is -3.41. The van der Waals surface area contributed by atoms with Crippen molar-refractivity contribution in [1.82, 2.24) is 15.8 Å². The van der Waals surface area contributed by atoms with E-state index in [9.17, 15) is 19.2 Å². The van der Waals surface area contributed by atoms with E-state index in [0.717, 1.165) is 25.7 Å². The Labute approximate surface area is 168 Å². The molecule has 1 aromatic carbocycles. The van der Waals surface area contributed by atoms with Crippen LogP contribution in [-0.2, 0) is 19.2 Å². The third-order valence-corrected chi connectivity index (χ3v) is 5.19. The maximum absolute atomic E-state index is 12.4. The molecule has 0 aromatic heterocycles. The molecule has 1 aliphatic heterocycles. The van der Waals surface area contributed by atoms with Gasteiger partial charge in [-0.2, -0.15) is 5.26 Å². The topological polar surface area (TPSA) is 129 Å². The number of nitrogens with one attached hydrogen (secondary N) is 2. The van der Waals surface area contributed by atoms with Crippen LogP contribution in [0.15, 0.2) is 24.3 Å². The summed E-state index contributed by atoms with van der Waals surface area (Å²) in [7, 11) is 0. The van der Waals surface area contributed by atoms with Crippen LogP contribution >= 0.6 is 0 Å². The molecule has 0 bridgehead atoms. The summed E-state index contributed by atoms with van der Waals surface area (Å²) >= 11 is 0. The summed E-state index contributed by atoms with van der Waals surface area (Å²) in [6.45, 7) is -0.313. The number of nitriles is 1. The molecular weight excluding hydrogens is 376 g/mol. The zero-order valence-corrected chi connectivity index (χ0v) is 15.8. The summed E-state index contributed by atoms with van der Waals surface area (Å²) in [6, 6.07) is 8.22. The molecular formula is C20H22N4O5. The molecule has 1 saturated heterocycles. The van der Waals surface area contributed by atoms with Crippen LogP contribution in [0.1, 0.15) is 37.7 Å². The highest BCUT2D eigenvalue weighted by molar-refractivity contribution is 6.05. The molecule has 1 heterocycles. The number of likely N-dealkylation sites (tertiary alicyclic amines) is 1. The standard InChI is InChI=1S/C20H22N4O5/c21-11-13-5-7-14(8-6-13)29-12-18(26)23-22-17(25)9-10-24-19(27)15-3-1-2-4-16(15)20(24)28/h5-8,15-16H,1-4,9-10,12H2,(H,22,25)(H,23,26)/t15-,16-/m1/s1. The minimum Gasteiger partial charge on any atom is -0.484 e. The molecule has 152 valence electrons. The first-order valence-electron chi connectivity index (χ1n) is 9.55. The number of rotatable bonds is 6. The van der Waals surface area contributed by atoms with E-state index in [1.54, 1.807) is 24.3 Å². The van der Waals surface area contributed by atoms with E-state index in [-0.39, 0.29) is 43.2 Å². The predicted octanol–water partition coefficient (Wildman–Crippen LogP) is 0.650. The molecule has 3 rings (SSSR count). The first-order valence-corrected chi connectivity index (χ1v) is 9.55. The van der Waals surface area contributed by atoms with Crippen LogP contribution in [0.3, 0.4) is 0 Å². The van der Waals surface area contributed by atoms with E-state index in [2.05, 4.69) is 10.9 Å². The van der Waals surface area contributed by atoms with E-state index in [4.69, 9.17) is 10.00 Å². The molecule has 2 fully saturated rings. The van der Waals surface area contributed by atoms with Gasteiger partial charge >= 0.3 is 0 Å². The Bertz CT molecular complexity index is 821. The lowest BCUT2D eigenvalue weighted by molar-refractivity contribution is -0.140. The molecule has 2 N–H and O–H groups in total. The van der Waals surface area contributed by atoms with Gasteiger partial charge < -0.3 is 4.74 Å². The Kier molecular flexibility index (Phi) is 6.44. The van der Waals surface area contributed by atoms with Gasteiger partial charge in [-0.3, -0.25) is 34.9 Å². The summed E-state index contributed by atoms with van der Waals surface area (Å²) in [5.41, 5.74) is 4.94. The number of hydrogen-bond acceptors (Lipinski definition) is 6. The number of hydrogen-bond donors (Lipinski definition) is 2. The van der Waals surface area contributed by atoms with E-state index in [1.807, 2.05) is 6.07 Å². The molecule has 2 aliphatic rings. The molecule has 1 aliphatic carbocycles. The van der Waals surface area contributed by atoms with Crippen LogP contribution in [0.5, 0.6) is 5.75 Å². The van der Waals surface area contributed by atoms with Crippen molar-refractivity contribution in [2.24, 2.45) is 11.8 Å². The maximum Gasteiger partial charge on any atom is 0.276 e. The van der Waals surface area contributed by atoms with Crippen molar-refractivity contribution in [2.45, 2.75) is 32.1 Å². The fourth-order valence-electron chi connectivity index (χ4n) is 3.68. The second-order valence-electron chi connectivity index (χ2n) is 7.10. The smallest absolute Gasteiger partial charge is 0.276 e. The monoisotopic (exact) mass is 398 g/mol. The Morgan fingerprint density at radius 2 is 1.62 bits per heavy atom. The van der Waals surface area contributed by atoms with Gasteiger partial charge in [-0.25, -0.2) is 0 Å². The van der Waals surface area contributed by atoms with Crippen LogP contribution in [-0.4, -0.2) is 41.7 Å². The van der Waals surface area contributed by atoms with Gasteiger partial charge in [0.1, 0.15) is 5.75 Å². The van der Waals surface area contributed by atoms with E-state index < -0.39 is 11.8 Å². The van der Waals surface area contributed by atoms with E-state index in [0.29, 0.717) is 11.3 Å². The van der Waals surface area contributed by atoms with Gasteiger partial charge in [-0.15, -0.1) is 0 Å². The van der Waals surface area contributed by atoms with Crippen molar-refractivity contribution >= 4 is 23.6 Å². The van der Waals surface area contributed by atoms with Crippen LogP contribution in [0, 0.1) is 23.2 Å². The number of fused-ring (bicyclic) bond motifs is 1. The van der Waals surface area contributed by atoms with Crippen LogP contribution in [0.4, 0.5) is 0 Å². The average Bonchev–Trinajstić information content (AvgIpc) is 2.99. The largest absolute Gasteiger partial charge is 0.484 e. The second kappa shape index (κ2) is 9.19. The number of hydrazine groups is 1. The maximum atomic E-state index is 12.4. The van der Waals surface area contributed by atoms with Gasteiger partial charge in [0.25, 0.3) is 5.91 Å². The molecule has 29 heavy (non-hydrogen) atoms. The number of imide groups is 1. The molecule has 0 spiro atoms. The van der Waals surface area contributed by atoms with Crippen LogP contribution in [0.25, 0.3) is 0 Å². The van der Waals surface area contributed by atoms with Gasteiger partial charge in [-0.1, -0.05) is 12.8 Å². The number of ether oxygens (including phenoxy) is 1. The molecule has 1 aromatic rings. The summed E-state index contributed by atoms with van der Waals surface area (Å²) in [5, 5.41) is 8.73. The molecule has 4 amide bonds. The quantitative estimate of drug-likeness (QED) is 0.535. The number of nitrogens with zero attached hydrogens (tertiary/aromatic N) is 2. The lowest BCUT2D eigenvalue weighted by atomic mass is 9.81. The highest BCUT2D eigenvalue weighted by atomic mass is 16.5. The molecule has 1 saturated carbocycles. The summed E-state index contributed by atoms with van der Waals surface area (Å²) < 4.78 is 5.25. The van der Waals surface area contributed by atoms with Gasteiger partial charge in [-0.05, 0) is 37.1 Å². The first-order chi connectivity index (χ1) is 14.0. The first kappa shape index (κ1) is 20.3. The van der Waals surface area contributed by atoms with Crippen molar-refractivity contribution in [2.75, 3.05) is 13.2 Å². The highest BCUT2D eigenvalue weighted by Gasteiger charge is 2.47. The lowest BCUT2D eigenvalue weighted by Crippen LogP contribution is -2.45. The summed E-state index contributed by atoms with van der Waals surface area (Å²) in [6.07, 6.45) is 3.27. The number of amides is 4. The Balaban J connectivity index is 1.37. The molecule has 9 nitrogen and oxygen atoms in total.